The molecule has 0 unspecified atom stereocenters. The minimum atomic E-state index is -0.0965. The van der Waals surface area contributed by atoms with E-state index in [2.05, 4.69) is 21.0 Å². The summed E-state index contributed by atoms with van der Waals surface area (Å²) in [6.45, 7) is 6.17. The maximum atomic E-state index is 13.1. The molecule has 2 aromatic carbocycles. The summed E-state index contributed by atoms with van der Waals surface area (Å²) in [6, 6.07) is 17.8. The number of fused-ring (bicyclic) bond motifs is 1. The summed E-state index contributed by atoms with van der Waals surface area (Å²) in [6.07, 6.45) is 3.70. The second kappa shape index (κ2) is 8.86. The van der Waals surface area contributed by atoms with Gasteiger partial charge in [0.05, 0.1) is 12.1 Å². The molecular formula is C26H26N4O3. The Morgan fingerprint density at radius 2 is 1.79 bits per heavy atom. The number of aryl methyl sites for hydroxylation is 1. The third-order valence-corrected chi connectivity index (χ3v) is 5.91. The number of hydrogen-bond acceptors (Lipinski definition) is 4. The Morgan fingerprint density at radius 1 is 1.00 bits per heavy atom. The van der Waals surface area contributed by atoms with E-state index < -0.39 is 0 Å². The summed E-state index contributed by atoms with van der Waals surface area (Å²) in [7, 11) is 0. The Labute approximate surface area is 192 Å². The van der Waals surface area contributed by atoms with Crippen molar-refractivity contribution in [1.82, 2.24) is 19.7 Å². The maximum absolute atomic E-state index is 13.1. The summed E-state index contributed by atoms with van der Waals surface area (Å²) in [5, 5.41) is 7.38. The van der Waals surface area contributed by atoms with Crippen molar-refractivity contribution < 1.29 is 14.3 Å². The van der Waals surface area contributed by atoms with E-state index in [1.165, 1.54) is 0 Å². The van der Waals surface area contributed by atoms with E-state index in [0.29, 0.717) is 31.9 Å². The van der Waals surface area contributed by atoms with Crippen molar-refractivity contribution in [3.63, 3.8) is 0 Å². The van der Waals surface area contributed by atoms with Crippen molar-refractivity contribution in [1.29, 1.82) is 0 Å². The first-order valence-electron chi connectivity index (χ1n) is 11.0. The Hall–Kier alpha value is -4.00. The molecule has 7 heteroatoms. The van der Waals surface area contributed by atoms with Gasteiger partial charge in [-0.1, -0.05) is 24.3 Å². The number of amides is 1. The van der Waals surface area contributed by atoms with Crippen LogP contribution in [0.4, 0.5) is 0 Å². The average molecular weight is 443 g/mol. The lowest BCUT2D eigenvalue weighted by molar-refractivity contribution is 0.0950. The van der Waals surface area contributed by atoms with Crippen LogP contribution in [-0.2, 0) is 13.1 Å². The number of benzene rings is 2. The van der Waals surface area contributed by atoms with E-state index in [1.54, 1.807) is 6.20 Å². The van der Waals surface area contributed by atoms with Crippen LogP contribution >= 0.6 is 0 Å². The van der Waals surface area contributed by atoms with Crippen molar-refractivity contribution in [3.8, 4) is 17.2 Å². The van der Waals surface area contributed by atoms with Gasteiger partial charge >= 0.3 is 0 Å². The quantitative estimate of drug-likeness (QED) is 0.489. The van der Waals surface area contributed by atoms with Gasteiger partial charge in [0, 0.05) is 42.1 Å². The van der Waals surface area contributed by atoms with E-state index >= 15 is 0 Å². The molecular weight excluding hydrogens is 416 g/mol. The second-order valence-corrected chi connectivity index (χ2v) is 8.10. The van der Waals surface area contributed by atoms with Gasteiger partial charge in [0.1, 0.15) is 13.2 Å². The molecule has 3 heterocycles. The number of nitrogens with zero attached hydrogens (tertiary/aromatic N) is 3. The van der Waals surface area contributed by atoms with E-state index in [9.17, 15) is 4.79 Å². The van der Waals surface area contributed by atoms with Gasteiger partial charge in [0.25, 0.3) is 5.91 Å². The smallest absolute Gasteiger partial charge is 0.253 e. The fourth-order valence-corrected chi connectivity index (χ4v) is 4.28. The largest absolute Gasteiger partial charge is 0.486 e. The highest BCUT2D eigenvalue weighted by Crippen LogP contribution is 2.33. The van der Waals surface area contributed by atoms with Crippen LogP contribution in [-0.4, -0.2) is 33.5 Å². The summed E-state index contributed by atoms with van der Waals surface area (Å²) < 4.78 is 15.3. The first-order chi connectivity index (χ1) is 16.1. The lowest BCUT2D eigenvalue weighted by Crippen LogP contribution is -2.24. The van der Waals surface area contributed by atoms with Crippen LogP contribution in [0.15, 0.2) is 67.0 Å². The minimum Gasteiger partial charge on any atom is -0.486 e. The lowest BCUT2D eigenvalue weighted by atomic mass is 10.1. The lowest BCUT2D eigenvalue weighted by Gasteiger charge is -2.20. The number of carbonyl (C=O) groups excluding carboxylic acids is 1. The van der Waals surface area contributed by atoms with Crippen molar-refractivity contribution >= 4 is 5.91 Å². The highest BCUT2D eigenvalue weighted by molar-refractivity contribution is 5.95. The summed E-state index contributed by atoms with van der Waals surface area (Å²) in [4.78, 5) is 13.1. The van der Waals surface area contributed by atoms with Crippen LogP contribution in [0.1, 0.15) is 32.9 Å². The summed E-state index contributed by atoms with van der Waals surface area (Å²) in [5.41, 5.74) is 5.66. The second-order valence-electron chi connectivity index (χ2n) is 8.10. The maximum Gasteiger partial charge on any atom is 0.253 e. The van der Waals surface area contributed by atoms with E-state index in [1.807, 2.05) is 73.3 Å². The van der Waals surface area contributed by atoms with Crippen LogP contribution in [0.25, 0.3) is 5.69 Å². The van der Waals surface area contributed by atoms with Crippen molar-refractivity contribution in [2.75, 3.05) is 13.2 Å². The summed E-state index contributed by atoms with van der Waals surface area (Å²) in [5.74, 6) is 1.38. The van der Waals surface area contributed by atoms with E-state index in [0.717, 1.165) is 39.7 Å². The zero-order chi connectivity index (χ0) is 22.8. The normalized spacial score (nSPS) is 12.5. The van der Waals surface area contributed by atoms with Gasteiger partial charge in [0.15, 0.2) is 11.5 Å². The molecule has 168 valence electrons. The Morgan fingerprint density at radius 3 is 2.58 bits per heavy atom. The Kier molecular flexibility index (Phi) is 5.60. The van der Waals surface area contributed by atoms with E-state index in [4.69, 9.17) is 9.47 Å². The van der Waals surface area contributed by atoms with Crippen LogP contribution < -0.4 is 14.8 Å². The molecule has 0 atom stereocenters. The number of hydrogen-bond donors (Lipinski definition) is 1. The number of nitrogens with one attached hydrogen (secondary N) is 1. The fraction of sp³-hybridized carbons (Fsp3) is 0.231. The first-order valence-corrected chi connectivity index (χ1v) is 11.0. The highest BCUT2D eigenvalue weighted by atomic mass is 16.6. The molecule has 2 aromatic heterocycles. The molecule has 1 aliphatic rings. The SMILES string of the molecule is Cc1cc(C(=O)NCc2ccccc2Cn2cccn2)c(C)n1-c1ccc2c(c1)OCCO2. The highest BCUT2D eigenvalue weighted by Gasteiger charge is 2.19. The van der Waals surface area contributed by atoms with Gasteiger partial charge in [-0.2, -0.15) is 5.10 Å². The third-order valence-electron chi connectivity index (χ3n) is 5.91. The molecule has 0 aliphatic carbocycles. The molecule has 7 nitrogen and oxygen atoms in total. The molecule has 0 radical (unpaired) electrons. The average Bonchev–Trinajstić information content (AvgIpc) is 3.45. The molecule has 4 aromatic rings. The molecule has 0 fully saturated rings. The van der Waals surface area contributed by atoms with Gasteiger partial charge in [-0.3, -0.25) is 9.48 Å². The summed E-state index contributed by atoms with van der Waals surface area (Å²) >= 11 is 0. The molecule has 1 aliphatic heterocycles. The van der Waals surface area contributed by atoms with Gasteiger partial charge in [-0.05, 0) is 49.2 Å². The van der Waals surface area contributed by atoms with Crippen LogP contribution in [0, 0.1) is 13.8 Å². The van der Waals surface area contributed by atoms with Crippen molar-refractivity contribution in [3.05, 3.63) is 95.1 Å². The van der Waals surface area contributed by atoms with Crippen LogP contribution in [0.2, 0.25) is 0 Å². The number of rotatable bonds is 6. The fourth-order valence-electron chi connectivity index (χ4n) is 4.28. The van der Waals surface area contributed by atoms with Gasteiger partial charge in [0.2, 0.25) is 0 Å². The minimum absolute atomic E-state index is 0.0965. The molecule has 1 N–H and O–H groups in total. The zero-order valence-corrected chi connectivity index (χ0v) is 18.7. The van der Waals surface area contributed by atoms with Crippen molar-refractivity contribution in [2.24, 2.45) is 0 Å². The van der Waals surface area contributed by atoms with Crippen LogP contribution in [0.3, 0.4) is 0 Å². The van der Waals surface area contributed by atoms with Crippen molar-refractivity contribution in [2.45, 2.75) is 26.9 Å². The molecule has 5 rings (SSSR count). The molecule has 0 saturated carbocycles. The number of ether oxygens (including phenoxy) is 2. The van der Waals surface area contributed by atoms with Gasteiger partial charge in [-0.15, -0.1) is 0 Å². The zero-order valence-electron chi connectivity index (χ0n) is 18.7. The first kappa shape index (κ1) is 20.9. The van der Waals surface area contributed by atoms with Gasteiger partial charge in [-0.25, -0.2) is 0 Å². The monoisotopic (exact) mass is 442 g/mol. The molecule has 0 spiro atoms. The Bertz CT molecular complexity index is 1290. The number of aromatic nitrogens is 3. The molecule has 0 bridgehead atoms. The van der Waals surface area contributed by atoms with Gasteiger partial charge < -0.3 is 19.4 Å². The molecule has 33 heavy (non-hydrogen) atoms. The third kappa shape index (κ3) is 4.22. The van der Waals surface area contributed by atoms with Crippen LogP contribution in [0.5, 0.6) is 11.5 Å². The molecule has 1 amide bonds. The predicted octanol–water partition coefficient (Wildman–Crippen LogP) is 4.04. The standard InChI is InChI=1S/C26H26N4O3/c1-18-14-23(19(2)30(18)22-8-9-24-25(15-22)33-13-12-32-24)26(31)27-16-20-6-3-4-7-21(20)17-29-11-5-10-28-29/h3-11,14-15H,12-13,16-17H2,1-2H3,(H,27,31). The Balaban J connectivity index is 1.35. The van der Waals surface area contributed by atoms with E-state index in [-0.39, 0.29) is 5.91 Å². The predicted molar refractivity (Wildman–Crippen MR) is 125 cm³/mol. The molecule has 0 saturated heterocycles. The number of carbonyl (C=O) groups is 1. The topological polar surface area (TPSA) is 70.3 Å².